The van der Waals surface area contributed by atoms with Crippen LogP contribution in [-0.4, -0.2) is 15.0 Å². The third kappa shape index (κ3) is 3.61. The number of nitrogens with zero attached hydrogens (tertiary/aromatic N) is 3. The van der Waals surface area contributed by atoms with Gasteiger partial charge in [-0.1, -0.05) is 84.9 Å². The molecule has 1 spiro atoms. The molecule has 4 fully saturated rings. The summed E-state index contributed by atoms with van der Waals surface area (Å²) in [5.74, 6) is 5.40. The lowest BCUT2D eigenvalue weighted by Gasteiger charge is -2.61. The zero-order valence-electron chi connectivity index (χ0n) is 26.1. The summed E-state index contributed by atoms with van der Waals surface area (Å²) in [5.41, 5.74) is 10.8. The third-order valence-electron chi connectivity index (χ3n) is 12.1. The molecular formula is C43H33N3O. The summed E-state index contributed by atoms with van der Waals surface area (Å²) >= 11 is 0. The maximum absolute atomic E-state index is 6.13. The van der Waals surface area contributed by atoms with Crippen molar-refractivity contribution in [2.75, 3.05) is 0 Å². The van der Waals surface area contributed by atoms with Gasteiger partial charge in [0.1, 0.15) is 11.2 Å². The van der Waals surface area contributed by atoms with Crippen LogP contribution in [0.1, 0.15) is 43.2 Å². The van der Waals surface area contributed by atoms with Gasteiger partial charge < -0.3 is 4.42 Å². The Morgan fingerprint density at radius 3 is 1.85 bits per heavy atom. The van der Waals surface area contributed by atoms with Gasteiger partial charge in [0.05, 0.1) is 0 Å². The van der Waals surface area contributed by atoms with E-state index in [0.717, 1.165) is 62.3 Å². The maximum atomic E-state index is 6.13. The quantitative estimate of drug-likeness (QED) is 0.201. The van der Waals surface area contributed by atoms with Crippen LogP contribution in [0.25, 0.3) is 67.2 Å². The molecule has 0 amide bonds. The second-order valence-corrected chi connectivity index (χ2v) is 14.5. The first-order valence-electron chi connectivity index (χ1n) is 17.2. The number of hydrogen-bond donors (Lipinski definition) is 0. The molecule has 4 saturated carbocycles. The van der Waals surface area contributed by atoms with Gasteiger partial charge in [0.25, 0.3) is 0 Å². The zero-order valence-corrected chi connectivity index (χ0v) is 26.1. The van der Waals surface area contributed by atoms with Crippen LogP contribution in [0.3, 0.4) is 0 Å². The van der Waals surface area contributed by atoms with Crippen LogP contribution in [0.4, 0.5) is 0 Å². The number of aromatic nitrogens is 3. The molecule has 4 nitrogen and oxygen atoms in total. The monoisotopic (exact) mass is 607 g/mol. The first kappa shape index (κ1) is 26.0. The smallest absolute Gasteiger partial charge is 0.164 e. The Morgan fingerprint density at radius 2 is 1.06 bits per heavy atom. The topological polar surface area (TPSA) is 51.8 Å². The standard InChI is InChI=1S/C43H33N3O/c1-2-8-27(9-3-1)40-44-41(46-42(45-40)29-15-17-39-35(24-29)33-11-5-7-13-38(33)47-39)28-14-16-37-34(23-28)32-10-4-6-12-36(32)43(37)30-19-25-18-26(21-30)22-31(43)20-25/h1-17,23-26,30-31H,18-22H2. The van der Waals surface area contributed by atoms with Crippen molar-refractivity contribution in [3.05, 3.63) is 126 Å². The van der Waals surface area contributed by atoms with Crippen molar-refractivity contribution in [3.8, 4) is 45.3 Å². The van der Waals surface area contributed by atoms with Gasteiger partial charge in [-0.3, -0.25) is 0 Å². The molecule has 4 bridgehead atoms. The van der Waals surface area contributed by atoms with E-state index < -0.39 is 0 Å². The minimum Gasteiger partial charge on any atom is -0.456 e. The highest BCUT2D eigenvalue weighted by molar-refractivity contribution is 6.06. The minimum atomic E-state index is 0.153. The van der Waals surface area contributed by atoms with Gasteiger partial charge in [-0.2, -0.15) is 0 Å². The fourth-order valence-corrected chi connectivity index (χ4v) is 10.5. The Labute approximate surface area is 273 Å². The summed E-state index contributed by atoms with van der Waals surface area (Å²) < 4.78 is 6.13. The summed E-state index contributed by atoms with van der Waals surface area (Å²) in [6.45, 7) is 0. The molecule has 226 valence electrons. The summed E-state index contributed by atoms with van der Waals surface area (Å²) in [5, 5.41) is 2.16. The van der Waals surface area contributed by atoms with Crippen molar-refractivity contribution in [1.82, 2.24) is 15.0 Å². The van der Waals surface area contributed by atoms with Crippen molar-refractivity contribution >= 4 is 21.9 Å². The first-order valence-corrected chi connectivity index (χ1v) is 17.2. The number of rotatable bonds is 3. The summed E-state index contributed by atoms with van der Waals surface area (Å²) in [6, 6.07) is 41.1. The van der Waals surface area contributed by atoms with Crippen LogP contribution < -0.4 is 0 Å². The van der Waals surface area contributed by atoms with Gasteiger partial charge in [-0.15, -0.1) is 0 Å². The van der Waals surface area contributed by atoms with Gasteiger partial charge in [-0.05, 0) is 108 Å². The lowest BCUT2D eigenvalue weighted by Crippen LogP contribution is -2.55. The SMILES string of the molecule is c1ccc(-c2nc(-c3ccc4c(c3)-c3ccccc3C43C4CC5CC(C4)CC3C5)nc(-c3ccc4oc5ccccc5c4c3)n2)cc1. The molecule has 0 atom stereocenters. The molecule has 2 heterocycles. The van der Waals surface area contributed by atoms with E-state index in [0.29, 0.717) is 17.5 Å². The fourth-order valence-electron chi connectivity index (χ4n) is 10.5. The molecule has 0 radical (unpaired) electrons. The highest BCUT2D eigenvalue weighted by Crippen LogP contribution is 2.69. The van der Waals surface area contributed by atoms with Crippen LogP contribution in [-0.2, 0) is 5.41 Å². The van der Waals surface area contributed by atoms with Gasteiger partial charge in [0, 0.05) is 32.9 Å². The van der Waals surface area contributed by atoms with Crippen LogP contribution in [0.2, 0.25) is 0 Å². The van der Waals surface area contributed by atoms with E-state index in [1.807, 2.05) is 36.4 Å². The molecule has 2 aromatic heterocycles. The Hall–Kier alpha value is -5.09. The van der Waals surface area contributed by atoms with Crippen LogP contribution in [0.5, 0.6) is 0 Å². The van der Waals surface area contributed by atoms with E-state index in [-0.39, 0.29) is 5.41 Å². The van der Waals surface area contributed by atoms with Gasteiger partial charge in [-0.25, -0.2) is 15.0 Å². The van der Waals surface area contributed by atoms with Crippen molar-refractivity contribution in [2.24, 2.45) is 23.7 Å². The average molecular weight is 608 g/mol. The molecule has 4 heteroatoms. The van der Waals surface area contributed by atoms with Gasteiger partial charge >= 0.3 is 0 Å². The highest BCUT2D eigenvalue weighted by Gasteiger charge is 2.61. The van der Waals surface area contributed by atoms with E-state index in [1.165, 1.54) is 43.2 Å². The summed E-state index contributed by atoms with van der Waals surface area (Å²) in [6.07, 6.45) is 7.00. The maximum Gasteiger partial charge on any atom is 0.164 e. The predicted octanol–water partition coefficient (Wildman–Crippen LogP) is 10.5. The number of para-hydroxylation sites is 1. The van der Waals surface area contributed by atoms with Crippen molar-refractivity contribution in [3.63, 3.8) is 0 Å². The Balaban J connectivity index is 1.10. The lowest BCUT2D eigenvalue weighted by molar-refractivity contribution is -0.0399. The third-order valence-corrected chi connectivity index (χ3v) is 12.1. The summed E-state index contributed by atoms with van der Waals surface area (Å²) in [4.78, 5) is 15.3. The van der Waals surface area contributed by atoms with E-state index in [1.54, 1.807) is 11.1 Å². The Kier molecular flexibility index (Phi) is 5.25. The first-order chi connectivity index (χ1) is 23.2. The molecule has 0 unspecified atom stereocenters. The Bertz CT molecular complexity index is 2360. The lowest BCUT2D eigenvalue weighted by atomic mass is 9.43. The number of fused-ring (bicyclic) bond motifs is 6. The average Bonchev–Trinajstić information content (AvgIpc) is 3.64. The minimum absolute atomic E-state index is 0.153. The molecule has 12 rings (SSSR count). The predicted molar refractivity (Wildman–Crippen MR) is 187 cm³/mol. The molecule has 0 N–H and O–H groups in total. The number of furan rings is 1. The van der Waals surface area contributed by atoms with Gasteiger partial charge in [0.15, 0.2) is 17.5 Å². The second kappa shape index (κ2) is 9.48. The molecule has 5 aliphatic rings. The second-order valence-electron chi connectivity index (χ2n) is 14.5. The molecule has 7 aromatic rings. The van der Waals surface area contributed by atoms with Gasteiger partial charge in [0.2, 0.25) is 0 Å². The van der Waals surface area contributed by atoms with E-state index in [4.69, 9.17) is 19.4 Å². The Morgan fingerprint density at radius 1 is 0.468 bits per heavy atom. The van der Waals surface area contributed by atoms with E-state index >= 15 is 0 Å². The van der Waals surface area contributed by atoms with E-state index in [9.17, 15) is 0 Å². The molecule has 0 saturated heterocycles. The van der Waals surface area contributed by atoms with Crippen LogP contribution >= 0.6 is 0 Å². The van der Waals surface area contributed by atoms with Crippen molar-refractivity contribution in [2.45, 2.75) is 37.5 Å². The molecule has 47 heavy (non-hydrogen) atoms. The largest absolute Gasteiger partial charge is 0.456 e. The van der Waals surface area contributed by atoms with Crippen LogP contribution in [0.15, 0.2) is 120 Å². The van der Waals surface area contributed by atoms with Crippen LogP contribution in [0, 0.1) is 23.7 Å². The number of benzene rings is 5. The number of hydrogen-bond acceptors (Lipinski definition) is 4. The highest BCUT2D eigenvalue weighted by atomic mass is 16.3. The molecule has 5 aromatic carbocycles. The fraction of sp³-hybridized carbons (Fsp3) is 0.233. The zero-order chi connectivity index (χ0) is 30.7. The normalized spacial score (nSPS) is 25.1. The van der Waals surface area contributed by atoms with Crippen molar-refractivity contribution in [1.29, 1.82) is 0 Å². The molecule has 5 aliphatic carbocycles. The van der Waals surface area contributed by atoms with Crippen molar-refractivity contribution < 1.29 is 4.42 Å². The van der Waals surface area contributed by atoms with E-state index in [2.05, 4.69) is 78.9 Å². The summed E-state index contributed by atoms with van der Waals surface area (Å²) in [7, 11) is 0. The molecule has 0 aliphatic heterocycles. The molecular weight excluding hydrogens is 574 g/mol.